The van der Waals surface area contributed by atoms with Crippen LogP contribution in [0.15, 0.2) is 36.7 Å². The van der Waals surface area contributed by atoms with Crippen molar-refractivity contribution in [2.75, 3.05) is 26.0 Å². The van der Waals surface area contributed by atoms with Gasteiger partial charge in [0.1, 0.15) is 12.2 Å². The van der Waals surface area contributed by atoms with Crippen molar-refractivity contribution in [2.24, 2.45) is 5.92 Å². The average Bonchev–Trinajstić information content (AvgIpc) is 3.35. The number of alkyl halides is 1. The van der Waals surface area contributed by atoms with Crippen LogP contribution in [0, 0.1) is 17.2 Å². The first-order valence-electron chi connectivity index (χ1n) is 13.5. The molecule has 1 aliphatic carbocycles. The molecule has 0 unspecified atom stereocenters. The van der Waals surface area contributed by atoms with Crippen LogP contribution in [0.25, 0.3) is 16.9 Å². The fraction of sp³-hybridized carbons (Fsp3) is 0.483. The predicted molar refractivity (Wildman–Crippen MR) is 149 cm³/mol. The summed E-state index contributed by atoms with van der Waals surface area (Å²) in [6.07, 6.45) is 5.27. The van der Waals surface area contributed by atoms with Gasteiger partial charge < -0.3 is 20.6 Å². The maximum atomic E-state index is 14.3. The second-order valence-electron chi connectivity index (χ2n) is 11.2. The van der Waals surface area contributed by atoms with Crippen LogP contribution in [-0.2, 0) is 4.79 Å². The smallest absolute Gasteiger partial charge is 0.255 e. The van der Waals surface area contributed by atoms with Gasteiger partial charge in [-0.15, -0.1) is 0 Å². The number of anilines is 1. The van der Waals surface area contributed by atoms with E-state index >= 15 is 0 Å². The second-order valence-corrected chi connectivity index (χ2v) is 11.2. The van der Waals surface area contributed by atoms with Gasteiger partial charge in [0, 0.05) is 32.8 Å². The standard InChI is InChI=1S/C29H36FN7O3/c1-29(2,40)26(30)17-33-28(39)22-16-32-24(25-10-9-21-11-19(14-31)15-34-37(21)25)13-23(22)35-20-7-5-18(6-8-20)12-27(38)36(3)4/h9-11,13,15-16,18,20,26,40H,5-8,12,17H2,1-4H3,(H,32,35)(H,33,39)/t18?,20?,26-/m1/s1. The van der Waals surface area contributed by atoms with Gasteiger partial charge in [0.25, 0.3) is 5.91 Å². The third-order valence-electron chi connectivity index (χ3n) is 7.42. The molecule has 40 heavy (non-hydrogen) atoms. The van der Waals surface area contributed by atoms with Crippen LogP contribution in [0.3, 0.4) is 0 Å². The Bertz CT molecular complexity index is 1420. The summed E-state index contributed by atoms with van der Waals surface area (Å²) in [5.41, 5.74) is 1.66. The van der Waals surface area contributed by atoms with Crippen molar-refractivity contribution in [3.05, 3.63) is 47.8 Å². The highest BCUT2D eigenvalue weighted by Gasteiger charge is 2.28. The van der Waals surface area contributed by atoms with Crippen molar-refractivity contribution in [3.8, 4) is 17.5 Å². The average molecular weight is 550 g/mol. The van der Waals surface area contributed by atoms with Gasteiger partial charge in [0.15, 0.2) is 0 Å². The number of carbonyl (C=O) groups excluding carboxylic acids is 2. The van der Waals surface area contributed by atoms with Crippen molar-refractivity contribution in [2.45, 2.75) is 63.8 Å². The van der Waals surface area contributed by atoms with E-state index in [2.05, 4.69) is 26.8 Å². The second kappa shape index (κ2) is 12.0. The van der Waals surface area contributed by atoms with E-state index in [1.54, 1.807) is 35.6 Å². The molecule has 4 rings (SSSR count). The summed E-state index contributed by atoms with van der Waals surface area (Å²) < 4.78 is 16.0. The molecule has 10 nitrogen and oxygen atoms in total. The number of nitriles is 1. The third-order valence-corrected chi connectivity index (χ3v) is 7.42. The SMILES string of the molecule is CN(C)C(=O)CC1CCC(Nc2cc(-c3ccc4cc(C#N)cnn34)ncc2C(=O)NC[C@@H](F)C(C)(C)O)CC1. The summed E-state index contributed by atoms with van der Waals surface area (Å²) in [6, 6.07) is 9.36. The van der Waals surface area contributed by atoms with Gasteiger partial charge in [0.2, 0.25) is 5.91 Å². The summed E-state index contributed by atoms with van der Waals surface area (Å²) in [7, 11) is 3.53. The Morgan fingerprint density at radius 3 is 2.60 bits per heavy atom. The van der Waals surface area contributed by atoms with Gasteiger partial charge in [-0.3, -0.25) is 14.6 Å². The molecule has 0 aromatic carbocycles. The van der Waals surface area contributed by atoms with Crippen molar-refractivity contribution in [1.82, 2.24) is 24.8 Å². The first-order valence-corrected chi connectivity index (χ1v) is 13.5. The van der Waals surface area contributed by atoms with Crippen molar-refractivity contribution in [3.63, 3.8) is 0 Å². The van der Waals surface area contributed by atoms with Crippen molar-refractivity contribution in [1.29, 1.82) is 5.26 Å². The lowest BCUT2D eigenvalue weighted by Gasteiger charge is -2.30. The minimum absolute atomic E-state index is 0.0816. The number of hydrogen-bond donors (Lipinski definition) is 3. The Labute approximate surface area is 233 Å². The zero-order valence-corrected chi connectivity index (χ0v) is 23.3. The van der Waals surface area contributed by atoms with Gasteiger partial charge >= 0.3 is 0 Å². The molecule has 1 atom stereocenters. The van der Waals surface area contributed by atoms with Crippen LogP contribution in [0.5, 0.6) is 0 Å². The summed E-state index contributed by atoms with van der Waals surface area (Å²) in [5, 5.41) is 29.5. The van der Waals surface area contributed by atoms with E-state index < -0.39 is 17.7 Å². The van der Waals surface area contributed by atoms with E-state index in [-0.39, 0.29) is 24.1 Å². The van der Waals surface area contributed by atoms with Gasteiger partial charge in [-0.2, -0.15) is 10.4 Å². The first-order chi connectivity index (χ1) is 19.0. The molecular weight excluding hydrogens is 513 g/mol. The number of aromatic nitrogens is 3. The zero-order valence-electron chi connectivity index (χ0n) is 23.3. The van der Waals surface area contributed by atoms with Crippen molar-refractivity contribution >= 4 is 23.0 Å². The Balaban J connectivity index is 1.58. The van der Waals surface area contributed by atoms with Gasteiger partial charge in [-0.25, -0.2) is 8.91 Å². The third kappa shape index (κ3) is 6.74. The largest absolute Gasteiger partial charge is 0.387 e. The Hall–Kier alpha value is -4.04. The van der Waals surface area contributed by atoms with Gasteiger partial charge in [-0.05, 0) is 69.7 Å². The molecule has 2 amide bonds. The number of nitrogens with one attached hydrogen (secondary N) is 2. The number of halogens is 1. The minimum Gasteiger partial charge on any atom is -0.387 e. The van der Waals surface area contributed by atoms with Gasteiger partial charge in [-0.1, -0.05) is 0 Å². The molecule has 0 bridgehead atoms. The quantitative estimate of drug-likeness (QED) is 0.371. The van der Waals surface area contributed by atoms with Crippen LogP contribution in [0.4, 0.5) is 10.1 Å². The highest BCUT2D eigenvalue weighted by Crippen LogP contribution is 2.31. The van der Waals surface area contributed by atoms with E-state index in [0.29, 0.717) is 35.0 Å². The zero-order chi connectivity index (χ0) is 29.0. The van der Waals surface area contributed by atoms with Crippen molar-refractivity contribution < 1.29 is 19.1 Å². The normalized spacial score (nSPS) is 18.1. The van der Waals surface area contributed by atoms with E-state index in [1.807, 2.05) is 12.1 Å². The number of aliphatic hydroxyl groups is 1. The van der Waals surface area contributed by atoms with Crippen LogP contribution in [0.2, 0.25) is 0 Å². The monoisotopic (exact) mass is 549 g/mol. The van der Waals surface area contributed by atoms with E-state index in [4.69, 9.17) is 0 Å². The maximum absolute atomic E-state index is 14.3. The van der Waals surface area contributed by atoms with Gasteiger partial charge in [0.05, 0.1) is 52.1 Å². The molecular formula is C29H36FN7O3. The lowest BCUT2D eigenvalue weighted by Crippen LogP contribution is -2.42. The lowest BCUT2D eigenvalue weighted by atomic mass is 9.83. The van der Waals surface area contributed by atoms with E-state index in [0.717, 1.165) is 31.2 Å². The number of nitrogens with zero attached hydrogens (tertiary/aromatic N) is 5. The van der Waals surface area contributed by atoms with Crippen LogP contribution >= 0.6 is 0 Å². The summed E-state index contributed by atoms with van der Waals surface area (Å²) in [6.45, 7) is 2.36. The fourth-order valence-electron chi connectivity index (χ4n) is 4.84. The number of fused-ring (bicyclic) bond motifs is 1. The Morgan fingerprint density at radius 2 is 1.95 bits per heavy atom. The molecule has 1 saturated carbocycles. The number of carbonyl (C=O) groups is 2. The highest BCUT2D eigenvalue weighted by molar-refractivity contribution is 6.00. The number of hydrogen-bond acceptors (Lipinski definition) is 7. The van der Waals surface area contributed by atoms with Crippen LogP contribution in [-0.4, -0.2) is 74.9 Å². The molecule has 0 radical (unpaired) electrons. The molecule has 1 fully saturated rings. The highest BCUT2D eigenvalue weighted by atomic mass is 19.1. The molecule has 0 spiro atoms. The molecule has 212 valence electrons. The molecule has 3 N–H and O–H groups in total. The number of pyridine rings is 1. The number of rotatable bonds is 9. The van der Waals surface area contributed by atoms with E-state index in [1.165, 1.54) is 26.2 Å². The van der Waals surface area contributed by atoms with Crippen LogP contribution < -0.4 is 10.6 Å². The number of amides is 2. The first kappa shape index (κ1) is 29.0. The van der Waals surface area contributed by atoms with Crippen LogP contribution in [0.1, 0.15) is 61.9 Å². The Morgan fingerprint density at radius 1 is 1.23 bits per heavy atom. The predicted octanol–water partition coefficient (Wildman–Crippen LogP) is 3.56. The summed E-state index contributed by atoms with van der Waals surface area (Å²) >= 11 is 0. The lowest BCUT2D eigenvalue weighted by molar-refractivity contribution is -0.129. The molecule has 3 aromatic rings. The fourth-order valence-corrected chi connectivity index (χ4v) is 4.84. The summed E-state index contributed by atoms with van der Waals surface area (Å²) in [4.78, 5) is 31.4. The molecule has 0 aliphatic heterocycles. The van der Waals surface area contributed by atoms with E-state index in [9.17, 15) is 24.3 Å². The molecule has 3 aromatic heterocycles. The molecule has 0 saturated heterocycles. The minimum atomic E-state index is -1.64. The Kier molecular flexibility index (Phi) is 8.69. The maximum Gasteiger partial charge on any atom is 0.255 e. The molecule has 1 aliphatic rings. The topological polar surface area (TPSA) is 136 Å². The molecule has 3 heterocycles. The molecule has 11 heteroatoms. The summed E-state index contributed by atoms with van der Waals surface area (Å²) in [5.74, 6) is -0.0553.